The van der Waals surface area contributed by atoms with Gasteiger partial charge in [0, 0.05) is 5.02 Å². The maximum Gasteiger partial charge on any atom is 0.307 e. The van der Waals surface area contributed by atoms with Gasteiger partial charge in [-0.25, -0.2) is 0 Å². The van der Waals surface area contributed by atoms with Crippen LogP contribution < -0.4 is 5.32 Å². The summed E-state index contributed by atoms with van der Waals surface area (Å²) in [5.74, 6) is -2.53. The third kappa shape index (κ3) is 3.53. The Hall–Kier alpha value is -2.06. The molecule has 1 saturated carbocycles. The molecule has 0 bridgehead atoms. The number of hydrogen-bond acceptors (Lipinski definition) is 3. The average molecular weight is 307 g/mol. The Balaban J connectivity index is 2.19. The summed E-state index contributed by atoms with van der Waals surface area (Å²) in [5, 5.41) is 21.3. The minimum Gasteiger partial charge on any atom is -0.481 e. The van der Waals surface area contributed by atoms with E-state index in [1.807, 2.05) is 6.07 Å². The van der Waals surface area contributed by atoms with Gasteiger partial charge in [-0.1, -0.05) is 24.4 Å². The van der Waals surface area contributed by atoms with Crippen LogP contribution in [0.15, 0.2) is 18.2 Å². The molecule has 6 heteroatoms. The zero-order valence-electron chi connectivity index (χ0n) is 11.3. The molecule has 0 heterocycles. The number of amides is 1. The smallest absolute Gasteiger partial charge is 0.307 e. The molecule has 5 nitrogen and oxygen atoms in total. The van der Waals surface area contributed by atoms with Crippen molar-refractivity contribution in [2.24, 2.45) is 11.8 Å². The molecule has 110 valence electrons. The molecule has 0 spiro atoms. The molecule has 1 aromatic carbocycles. The molecule has 0 radical (unpaired) electrons. The highest BCUT2D eigenvalue weighted by Crippen LogP contribution is 2.32. The van der Waals surface area contributed by atoms with Crippen LogP contribution >= 0.6 is 11.6 Å². The van der Waals surface area contributed by atoms with E-state index in [2.05, 4.69) is 5.32 Å². The number of carbonyl (C=O) groups excluding carboxylic acids is 1. The van der Waals surface area contributed by atoms with Crippen molar-refractivity contribution in [3.05, 3.63) is 28.8 Å². The lowest BCUT2D eigenvalue weighted by Gasteiger charge is -2.27. The quantitative estimate of drug-likeness (QED) is 0.898. The lowest BCUT2D eigenvalue weighted by molar-refractivity contribution is -0.147. The van der Waals surface area contributed by atoms with Crippen molar-refractivity contribution in [2.45, 2.75) is 25.7 Å². The number of carboxylic acids is 1. The molecule has 1 fully saturated rings. The second kappa shape index (κ2) is 6.59. The van der Waals surface area contributed by atoms with Gasteiger partial charge in [0.15, 0.2) is 0 Å². The Labute approximate surface area is 127 Å². The van der Waals surface area contributed by atoms with Crippen LogP contribution in [0.25, 0.3) is 0 Å². The van der Waals surface area contributed by atoms with Crippen LogP contribution in [0.4, 0.5) is 5.69 Å². The zero-order valence-corrected chi connectivity index (χ0v) is 12.1. The van der Waals surface area contributed by atoms with Crippen molar-refractivity contribution in [2.75, 3.05) is 5.32 Å². The van der Waals surface area contributed by atoms with Crippen LogP contribution in [0.1, 0.15) is 31.2 Å². The van der Waals surface area contributed by atoms with Crippen molar-refractivity contribution in [1.82, 2.24) is 0 Å². The molecule has 2 atom stereocenters. The molecule has 0 aliphatic heterocycles. The molecule has 1 aliphatic rings. The minimum absolute atomic E-state index is 0.301. The largest absolute Gasteiger partial charge is 0.481 e. The highest BCUT2D eigenvalue weighted by atomic mass is 35.5. The second-order valence-corrected chi connectivity index (χ2v) is 5.56. The van der Waals surface area contributed by atoms with Gasteiger partial charge in [-0.3, -0.25) is 9.59 Å². The number of nitrogens with one attached hydrogen (secondary N) is 1. The molecule has 2 N–H and O–H groups in total. The normalized spacial score (nSPS) is 21.3. The number of aliphatic carboxylic acids is 1. The van der Waals surface area contributed by atoms with E-state index in [-0.39, 0.29) is 5.91 Å². The van der Waals surface area contributed by atoms with E-state index < -0.39 is 17.8 Å². The van der Waals surface area contributed by atoms with Crippen LogP contribution in [-0.2, 0) is 9.59 Å². The number of carbonyl (C=O) groups is 2. The fraction of sp³-hybridized carbons (Fsp3) is 0.400. The Bertz CT molecular complexity index is 609. The number of halogens is 1. The summed E-state index contributed by atoms with van der Waals surface area (Å²) in [6.45, 7) is 0. The first-order chi connectivity index (χ1) is 10.0. The summed E-state index contributed by atoms with van der Waals surface area (Å²) in [4.78, 5) is 23.6. The highest BCUT2D eigenvalue weighted by Gasteiger charge is 2.35. The van der Waals surface area contributed by atoms with Gasteiger partial charge in [-0.05, 0) is 31.0 Å². The number of benzene rings is 1. The zero-order chi connectivity index (χ0) is 15.4. The van der Waals surface area contributed by atoms with E-state index in [1.165, 1.54) is 12.1 Å². The number of rotatable bonds is 3. The number of nitriles is 1. The monoisotopic (exact) mass is 306 g/mol. The first kappa shape index (κ1) is 15.3. The number of carboxylic acid groups (broad SMARTS) is 1. The summed E-state index contributed by atoms with van der Waals surface area (Å²) < 4.78 is 0. The molecular formula is C15H15ClN2O3. The Morgan fingerprint density at radius 2 is 1.95 bits per heavy atom. The van der Waals surface area contributed by atoms with E-state index in [9.17, 15) is 14.7 Å². The van der Waals surface area contributed by atoms with Crippen molar-refractivity contribution < 1.29 is 14.7 Å². The van der Waals surface area contributed by atoms with E-state index in [1.54, 1.807) is 6.07 Å². The molecule has 1 amide bonds. The van der Waals surface area contributed by atoms with Crippen molar-refractivity contribution >= 4 is 29.2 Å². The van der Waals surface area contributed by atoms with E-state index in [0.29, 0.717) is 29.1 Å². The highest BCUT2D eigenvalue weighted by molar-refractivity contribution is 6.31. The third-order valence-corrected chi connectivity index (χ3v) is 4.01. The van der Waals surface area contributed by atoms with Crippen LogP contribution in [0.3, 0.4) is 0 Å². The van der Waals surface area contributed by atoms with Gasteiger partial charge in [0.25, 0.3) is 0 Å². The average Bonchev–Trinajstić information content (AvgIpc) is 2.47. The van der Waals surface area contributed by atoms with Gasteiger partial charge in [0.1, 0.15) is 6.07 Å². The Morgan fingerprint density at radius 1 is 1.29 bits per heavy atom. The van der Waals surface area contributed by atoms with Gasteiger partial charge >= 0.3 is 5.97 Å². The molecule has 2 rings (SSSR count). The van der Waals surface area contributed by atoms with Gasteiger partial charge in [-0.15, -0.1) is 0 Å². The fourth-order valence-corrected chi connectivity index (χ4v) is 2.86. The van der Waals surface area contributed by atoms with Crippen LogP contribution in [0.2, 0.25) is 5.02 Å². The summed E-state index contributed by atoms with van der Waals surface area (Å²) in [5.41, 5.74) is 0.625. The number of nitrogens with zero attached hydrogens (tertiary/aromatic N) is 1. The minimum atomic E-state index is -0.943. The summed E-state index contributed by atoms with van der Waals surface area (Å²) in [6, 6.07) is 6.56. The Morgan fingerprint density at radius 3 is 2.57 bits per heavy atom. The van der Waals surface area contributed by atoms with Crippen molar-refractivity contribution in [3.63, 3.8) is 0 Å². The van der Waals surface area contributed by atoms with E-state index >= 15 is 0 Å². The first-order valence-electron chi connectivity index (χ1n) is 6.76. The molecule has 21 heavy (non-hydrogen) atoms. The van der Waals surface area contributed by atoms with Crippen LogP contribution in [0, 0.1) is 23.2 Å². The van der Waals surface area contributed by atoms with Crippen molar-refractivity contribution in [1.29, 1.82) is 5.26 Å². The lowest BCUT2D eigenvalue weighted by atomic mass is 9.78. The number of anilines is 1. The van der Waals surface area contributed by atoms with Gasteiger partial charge < -0.3 is 10.4 Å². The molecule has 1 aromatic rings. The van der Waals surface area contributed by atoms with Crippen molar-refractivity contribution in [3.8, 4) is 6.07 Å². The van der Waals surface area contributed by atoms with Crippen LogP contribution in [0.5, 0.6) is 0 Å². The standard InChI is InChI=1S/C15H15ClN2O3/c16-10-6-5-9(8-17)13(7-10)18-14(19)11-3-1-2-4-12(11)15(20)21/h5-7,11-12H,1-4H2,(H,18,19)(H,20,21)/t11-,12+/m1/s1. The molecule has 0 unspecified atom stereocenters. The number of hydrogen-bond donors (Lipinski definition) is 2. The maximum absolute atomic E-state index is 12.3. The molecule has 1 aliphatic carbocycles. The third-order valence-electron chi connectivity index (χ3n) is 3.78. The molecular weight excluding hydrogens is 292 g/mol. The molecule has 0 saturated heterocycles. The predicted molar refractivity (Wildman–Crippen MR) is 77.9 cm³/mol. The van der Waals surface area contributed by atoms with Crippen LogP contribution in [-0.4, -0.2) is 17.0 Å². The van der Waals surface area contributed by atoms with Gasteiger partial charge in [0.2, 0.25) is 5.91 Å². The fourth-order valence-electron chi connectivity index (χ4n) is 2.68. The predicted octanol–water partition coefficient (Wildman–Crippen LogP) is 3.04. The van der Waals surface area contributed by atoms with Gasteiger partial charge in [-0.2, -0.15) is 5.26 Å². The van der Waals surface area contributed by atoms with Gasteiger partial charge in [0.05, 0.1) is 23.1 Å². The topological polar surface area (TPSA) is 90.2 Å². The summed E-state index contributed by atoms with van der Waals surface area (Å²) in [6.07, 6.45) is 2.71. The summed E-state index contributed by atoms with van der Waals surface area (Å²) >= 11 is 5.87. The molecule has 0 aromatic heterocycles. The maximum atomic E-state index is 12.3. The first-order valence-corrected chi connectivity index (χ1v) is 7.14. The lowest BCUT2D eigenvalue weighted by Crippen LogP contribution is -2.36. The Kier molecular flexibility index (Phi) is 4.81. The second-order valence-electron chi connectivity index (χ2n) is 5.13. The summed E-state index contributed by atoms with van der Waals surface area (Å²) in [7, 11) is 0. The SMILES string of the molecule is N#Cc1ccc(Cl)cc1NC(=O)[C@@H]1CCCC[C@@H]1C(=O)O. The van der Waals surface area contributed by atoms with E-state index in [0.717, 1.165) is 12.8 Å². The van der Waals surface area contributed by atoms with E-state index in [4.69, 9.17) is 16.9 Å².